The molecule has 3 aliphatic heterocycles. The molecule has 0 radical (unpaired) electrons. The molecule has 0 unspecified atom stereocenters. The van der Waals surface area contributed by atoms with E-state index in [2.05, 4.69) is 15.6 Å². The van der Waals surface area contributed by atoms with Gasteiger partial charge in [-0.05, 0) is 12.5 Å². The van der Waals surface area contributed by atoms with Gasteiger partial charge in [0.05, 0.1) is 0 Å². The van der Waals surface area contributed by atoms with Gasteiger partial charge in [-0.3, -0.25) is 0 Å². The van der Waals surface area contributed by atoms with Crippen molar-refractivity contribution in [2.45, 2.75) is 6.92 Å². The summed E-state index contributed by atoms with van der Waals surface area (Å²) >= 11 is 0. The van der Waals surface area contributed by atoms with E-state index < -0.39 is 7.82 Å². The van der Waals surface area contributed by atoms with Gasteiger partial charge in [-0.1, -0.05) is 6.58 Å². The fourth-order valence-corrected chi connectivity index (χ4v) is 1.85. The van der Waals surface area contributed by atoms with Crippen molar-refractivity contribution >= 4 is 7.82 Å². The second kappa shape index (κ2) is 1.40. The molecule has 0 saturated carbocycles. The van der Waals surface area contributed by atoms with E-state index in [1.165, 1.54) is 0 Å². The molecule has 0 aromatic heterocycles. The van der Waals surface area contributed by atoms with Crippen molar-refractivity contribution in [3.63, 3.8) is 0 Å². The van der Waals surface area contributed by atoms with Gasteiger partial charge in [0.2, 0.25) is 5.76 Å². The van der Waals surface area contributed by atoms with E-state index in [1.807, 2.05) is 0 Å². The molecule has 10 heavy (non-hydrogen) atoms. The summed E-state index contributed by atoms with van der Waals surface area (Å²) < 4.78 is 24.9. The minimum atomic E-state index is -3.14. The summed E-state index contributed by atoms with van der Waals surface area (Å²) in [6.07, 6.45) is 0. The molecular formula is C5H5O4P. The number of hydrogen-bond donors (Lipinski definition) is 0. The highest BCUT2D eigenvalue weighted by Gasteiger charge is 2.56. The van der Waals surface area contributed by atoms with Crippen molar-refractivity contribution in [2.75, 3.05) is 0 Å². The Morgan fingerprint density at radius 2 is 2.10 bits per heavy atom. The molecule has 0 amide bonds. The molecule has 1 fully saturated rings. The van der Waals surface area contributed by atoms with Gasteiger partial charge in [0.25, 0.3) is 0 Å². The fraction of sp³-hybridized carbons (Fsp3) is 0.200. The Morgan fingerprint density at radius 3 is 2.30 bits per heavy atom. The summed E-state index contributed by atoms with van der Waals surface area (Å²) in [6.45, 7) is 5.31. The van der Waals surface area contributed by atoms with Crippen LogP contribution in [0.5, 0.6) is 0 Å². The van der Waals surface area contributed by atoms with E-state index in [1.54, 1.807) is 6.92 Å². The summed E-state index contributed by atoms with van der Waals surface area (Å²) in [4.78, 5) is 0. The molecule has 3 rings (SSSR count). The van der Waals surface area contributed by atoms with Crippen LogP contribution in [-0.2, 0) is 18.1 Å². The van der Waals surface area contributed by atoms with Crippen molar-refractivity contribution in [1.82, 2.24) is 0 Å². The smallest absolute Gasteiger partial charge is 0.378 e. The Kier molecular flexibility index (Phi) is 0.821. The predicted octanol–water partition coefficient (Wildman–Crippen LogP) is 1.92. The maximum atomic E-state index is 10.8. The zero-order chi connectivity index (χ0) is 7.35. The van der Waals surface area contributed by atoms with E-state index in [0.29, 0.717) is 11.3 Å². The second-order valence-corrected chi connectivity index (χ2v) is 3.56. The third-order valence-corrected chi connectivity index (χ3v) is 2.35. The van der Waals surface area contributed by atoms with Crippen molar-refractivity contribution in [3.05, 3.63) is 23.9 Å². The van der Waals surface area contributed by atoms with Crippen molar-refractivity contribution in [1.29, 1.82) is 0 Å². The van der Waals surface area contributed by atoms with Gasteiger partial charge in [-0.25, -0.2) is 0 Å². The average Bonchev–Trinajstić information content (AvgIpc) is 2.17. The maximum absolute atomic E-state index is 10.8. The predicted molar refractivity (Wildman–Crippen MR) is 32.7 cm³/mol. The zero-order valence-electron chi connectivity index (χ0n) is 5.29. The highest BCUT2D eigenvalue weighted by Crippen LogP contribution is 2.70. The molecule has 5 heteroatoms. The molecule has 4 nitrogen and oxygen atoms in total. The SMILES string of the molecule is C=C(C)C1=C2OP(=O)(O2)O1. The Hall–Kier alpha value is -0.890. The van der Waals surface area contributed by atoms with Crippen LogP contribution in [0.3, 0.4) is 0 Å². The Bertz CT molecular complexity index is 278. The highest BCUT2D eigenvalue weighted by molar-refractivity contribution is 7.50. The molecule has 1 saturated heterocycles. The molecule has 2 bridgehead atoms. The fourth-order valence-electron chi connectivity index (χ4n) is 0.731. The Labute approximate surface area is 57.7 Å². The van der Waals surface area contributed by atoms with Gasteiger partial charge < -0.3 is 13.6 Å². The molecule has 0 atom stereocenters. The zero-order valence-corrected chi connectivity index (χ0v) is 6.18. The van der Waals surface area contributed by atoms with Gasteiger partial charge in [0.1, 0.15) is 0 Å². The number of fused-ring (bicyclic) bond motifs is 1. The van der Waals surface area contributed by atoms with E-state index in [4.69, 9.17) is 4.52 Å². The lowest BCUT2D eigenvalue weighted by Gasteiger charge is -2.15. The molecule has 0 N–H and O–H groups in total. The van der Waals surface area contributed by atoms with Crippen molar-refractivity contribution in [3.8, 4) is 0 Å². The maximum Gasteiger partial charge on any atom is 0.652 e. The standard InChI is InChI=1S/C5H5O4P/c1-3(2)4-5-8-10(6,7-4)9-5/h1H2,2H3. The van der Waals surface area contributed by atoms with Crippen LogP contribution >= 0.6 is 7.82 Å². The van der Waals surface area contributed by atoms with Crippen LogP contribution in [-0.4, -0.2) is 0 Å². The van der Waals surface area contributed by atoms with Gasteiger partial charge in [0.15, 0.2) is 0 Å². The van der Waals surface area contributed by atoms with E-state index in [9.17, 15) is 4.57 Å². The van der Waals surface area contributed by atoms with Crippen LogP contribution in [0.2, 0.25) is 0 Å². The number of phosphoric acid groups is 1. The molecule has 0 aliphatic carbocycles. The minimum Gasteiger partial charge on any atom is -0.378 e. The minimum absolute atomic E-state index is 0.204. The van der Waals surface area contributed by atoms with Gasteiger partial charge in [-0.15, -0.1) is 0 Å². The quantitative estimate of drug-likeness (QED) is 0.549. The first-order valence-electron chi connectivity index (χ1n) is 2.70. The van der Waals surface area contributed by atoms with Crippen LogP contribution in [0.15, 0.2) is 23.9 Å². The van der Waals surface area contributed by atoms with Gasteiger partial charge in [0, 0.05) is 0 Å². The largest absolute Gasteiger partial charge is 0.652 e. The van der Waals surface area contributed by atoms with E-state index >= 15 is 0 Å². The van der Waals surface area contributed by atoms with Gasteiger partial charge in [-0.2, -0.15) is 4.57 Å². The van der Waals surface area contributed by atoms with Crippen LogP contribution in [0.25, 0.3) is 0 Å². The first-order valence-corrected chi connectivity index (χ1v) is 4.16. The van der Waals surface area contributed by atoms with Crippen LogP contribution in [0.1, 0.15) is 6.92 Å². The molecule has 0 aromatic rings. The van der Waals surface area contributed by atoms with Crippen LogP contribution < -0.4 is 0 Å². The number of rotatable bonds is 1. The van der Waals surface area contributed by atoms with E-state index in [-0.39, 0.29) is 5.95 Å². The number of phosphoric ester groups is 1. The summed E-state index contributed by atoms with van der Waals surface area (Å²) in [5, 5.41) is 0. The third kappa shape index (κ3) is 0.543. The third-order valence-electron chi connectivity index (χ3n) is 1.17. The van der Waals surface area contributed by atoms with Crippen LogP contribution in [0.4, 0.5) is 0 Å². The highest BCUT2D eigenvalue weighted by atomic mass is 31.2. The summed E-state index contributed by atoms with van der Waals surface area (Å²) in [7, 11) is -3.14. The van der Waals surface area contributed by atoms with E-state index in [0.717, 1.165) is 0 Å². The normalized spacial score (nSPS) is 24.1. The summed E-state index contributed by atoms with van der Waals surface area (Å²) in [5.74, 6) is 0.583. The molecule has 0 aromatic carbocycles. The first-order chi connectivity index (χ1) is 4.61. The lowest BCUT2D eigenvalue weighted by Crippen LogP contribution is -1.99. The van der Waals surface area contributed by atoms with Crippen LogP contribution in [0, 0.1) is 0 Å². The summed E-state index contributed by atoms with van der Waals surface area (Å²) in [5.41, 5.74) is 0.658. The molecule has 3 heterocycles. The summed E-state index contributed by atoms with van der Waals surface area (Å²) in [6, 6.07) is 0. The molecule has 3 aliphatic rings. The lowest BCUT2D eigenvalue weighted by atomic mass is 10.3. The first kappa shape index (κ1) is 5.86. The van der Waals surface area contributed by atoms with Crippen molar-refractivity contribution < 1.29 is 18.1 Å². The Balaban J connectivity index is 2.37. The van der Waals surface area contributed by atoms with Crippen molar-refractivity contribution in [2.24, 2.45) is 0 Å². The van der Waals surface area contributed by atoms with Gasteiger partial charge >= 0.3 is 13.8 Å². The average molecular weight is 160 g/mol. The number of allylic oxidation sites excluding steroid dienone is 1. The second-order valence-electron chi connectivity index (χ2n) is 2.12. The molecule has 54 valence electrons. The lowest BCUT2D eigenvalue weighted by molar-refractivity contribution is 0.0985. The monoisotopic (exact) mass is 160 g/mol. The number of hydrogen-bond acceptors (Lipinski definition) is 4. The molecule has 0 spiro atoms. The topological polar surface area (TPSA) is 44.8 Å². The molecular weight excluding hydrogens is 155 g/mol. The Morgan fingerprint density at radius 1 is 1.50 bits per heavy atom.